The highest BCUT2D eigenvalue weighted by Crippen LogP contribution is 2.36. The SMILES string of the molecule is CCC(C)(CNC(C(C)C)C1CC1)C(C)O. The zero-order chi connectivity index (χ0) is 12.3. The van der Waals surface area contributed by atoms with E-state index in [2.05, 4.69) is 33.0 Å². The zero-order valence-corrected chi connectivity index (χ0v) is 11.6. The minimum atomic E-state index is -0.239. The summed E-state index contributed by atoms with van der Waals surface area (Å²) in [6.45, 7) is 11.8. The van der Waals surface area contributed by atoms with Crippen molar-refractivity contribution in [3.05, 3.63) is 0 Å². The highest BCUT2D eigenvalue weighted by Gasteiger charge is 2.35. The second kappa shape index (κ2) is 5.50. The van der Waals surface area contributed by atoms with Crippen LogP contribution in [0, 0.1) is 17.3 Å². The van der Waals surface area contributed by atoms with E-state index in [1.807, 2.05) is 6.92 Å². The van der Waals surface area contributed by atoms with Crippen molar-refractivity contribution in [3.63, 3.8) is 0 Å². The molecule has 2 N–H and O–H groups in total. The van der Waals surface area contributed by atoms with Gasteiger partial charge in [-0.05, 0) is 38.0 Å². The van der Waals surface area contributed by atoms with Gasteiger partial charge in [0.15, 0.2) is 0 Å². The van der Waals surface area contributed by atoms with Gasteiger partial charge in [0.1, 0.15) is 0 Å². The van der Waals surface area contributed by atoms with E-state index in [4.69, 9.17) is 0 Å². The molecule has 1 aliphatic carbocycles. The summed E-state index contributed by atoms with van der Waals surface area (Å²) in [4.78, 5) is 0. The lowest BCUT2D eigenvalue weighted by Gasteiger charge is -2.34. The summed E-state index contributed by atoms with van der Waals surface area (Å²) in [6, 6.07) is 0.643. The Kier molecular flexibility index (Phi) is 4.81. The van der Waals surface area contributed by atoms with Crippen molar-refractivity contribution in [3.8, 4) is 0 Å². The molecule has 1 rings (SSSR count). The number of aliphatic hydroxyl groups is 1. The molecule has 3 atom stereocenters. The van der Waals surface area contributed by atoms with Crippen LogP contribution in [0.15, 0.2) is 0 Å². The Morgan fingerprint density at radius 2 is 1.88 bits per heavy atom. The van der Waals surface area contributed by atoms with Crippen LogP contribution in [0.1, 0.15) is 53.9 Å². The van der Waals surface area contributed by atoms with Crippen molar-refractivity contribution in [2.24, 2.45) is 17.3 Å². The fourth-order valence-corrected chi connectivity index (χ4v) is 2.32. The Hall–Kier alpha value is -0.0800. The van der Waals surface area contributed by atoms with Crippen LogP contribution in [0.5, 0.6) is 0 Å². The lowest BCUT2D eigenvalue weighted by atomic mass is 9.81. The van der Waals surface area contributed by atoms with E-state index in [1.54, 1.807) is 0 Å². The second-order valence-electron chi connectivity index (χ2n) is 6.17. The van der Waals surface area contributed by atoms with Crippen LogP contribution in [0.2, 0.25) is 0 Å². The van der Waals surface area contributed by atoms with E-state index in [-0.39, 0.29) is 11.5 Å². The van der Waals surface area contributed by atoms with Crippen LogP contribution in [0.25, 0.3) is 0 Å². The molecule has 0 aromatic rings. The van der Waals surface area contributed by atoms with Gasteiger partial charge in [-0.15, -0.1) is 0 Å². The van der Waals surface area contributed by atoms with Crippen molar-refractivity contribution in [1.82, 2.24) is 5.32 Å². The largest absolute Gasteiger partial charge is 0.393 e. The minimum absolute atomic E-state index is 0.0159. The van der Waals surface area contributed by atoms with Crippen LogP contribution in [0.3, 0.4) is 0 Å². The molecule has 0 aromatic carbocycles. The number of aliphatic hydroxyl groups excluding tert-OH is 1. The van der Waals surface area contributed by atoms with Crippen LogP contribution in [-0.4, -0.2) is 23.8 Å². The topological polar surface area (TPSA) is 32.3 Å². The van der Waals surface area contributed by atoms with Crippen LogP contribution in [0.4, 0.5) is 0 Å². The molecule has 0 radical (unpaired) electrons. The predicted octanol–water partition coefficient (Wildman–Crippen LogP) is 2.81. The highest BCUT2D eigenvalue weighted by atomic mass is 16.3. The van der Waals surface area contributed by atoms with E-state index in [0.717, 1.165) is 18.9 Å². The van der Waals surface area contributed by atoms with Crippen molar-refractivity contribution in [2.45, 2.75) is 66.0 Å². The molecule has 0 heterocycles. The fourth-order valence-electron chi connectivity index (χ4n) is 2.32. The molecule has 1 fully saturated rings. The third-order valence-electron chi connectivity index (χ3n) is 4.41. The van der Waals surface area contributed by atoms with Gasteiger partial charge in [0.05, 0.1) is 6.10 Å². The Labute approximate surface area is 101 Å². The molecule has 0 amide bonds. The van der Waals surface area contributed by atoms with Crippen LogP contribution in [-0.2, 0) is 0 Å². The molecule has 1 aliphatic rings. The normalized spacial score (nSPS) is 24.2. The van der Waals surface area contributed by atoms with Gasteiger partial charge in [-0.3, -0.25) is 0 Å². The van der Waals surface area contributed by atoms with Crippen molar-refractivity contribution < 1.29 is 5.11 Å². The molecule has 0 saturated heterocycles. The van der Waals surface area contributed by atoms with Crippen LogP contribution < -0.4 is 5.32 Å². The maximum Gasteiger partial charge on any atom is 0.0577 e. The Morgan fingerprint density at radius 3 is 2.19 bits per heavy atom. The van der Waals surface area contributed by atoms with Gasteiger partial charge in [0.2, 0.25) is 0 Å². The number of hydrogen-bond donors (Lipinski definition) is 2. The first-order valence-electron chi connectivity index (χ1n) is 6.82. The van der Waals surface area contributed by atoms with Gasteiger partial charge >= 0.3 is 0 Å². The van der Waals surface area contributed by atoms with Gasteiger partial charge in [-0.2, -0.15) is 0 Å². The van der Waals surface area contributed by atoms with Gasteiger partial charge < -0.3 is 10.4 Å². The Morgan fingerprint density at radius 1 is 1.31 bits per heavy atom. The predicted molar refractivity (Wildman–Crippen MR) is 69.4 cm³/mol. The molecule has 1 saturated carbocycles. The summed E-state index contributed by atoms with van der Waals surface area (Å²) >= 11 is 0. The van der Waals surface area contributed by atoms with E-state index in [0.29, 0.717) is 12.0 Å². The average molecular weight is 227 g/mol. The summed E-state index contributed by atoms with van der Waals surface area (Å²) < 4.78 is 0. The molecule has 2 heteroatoms. The maximum absolute atomic E-state index is 9.84. The van der Waals surface area contributed by atoms with E-state index < -0.39 is 0 Å². The maximum atomic E-state index is 9.84. The minimum Gasteiger partial charge on any atom is -0.393 e. The Balaban J connectivity index is 2.46. The Bertz CT molecular complexity index is 209. The van der Waals surface area contributed by atoms with Crippen molar-refractivity contribution in [1.29, 1.82) is 0 Å². The van der Waals surface area contributed by atoms with Crippen molar-refractivity contribution in [2.75, 3.05) is 6.54 Å². The van der Waals surface area contributed by atoms with Gasteiger partial charge in [-0.25, -0.2) is 0 Å². The summed E-state index contributed by atoms with van der Waals surface area (Å²) in [5, 5.41) is 13.5. The summed E-state index contributed by atoms with van der Waals surface area (Å²) in [6.07, 6.45) is 3.55. The smallest absolute Gasteiger partial charge is 0.0577 e. The summed E-state index contributed by atoms with van der Waals surface area (Å²) in [5.41, 5.74) is 0.0159. The lowest BCUT2D eigenvalue weighted by Crippen LogP contribution is -2.46. The van der Waals surface area contributed by atoms with Gasteiger partial charge in [0, 0.05) is 18.0 Å². The molecule has 3 unspecified atom stereocenters. The molecule has 0 aromatic heterocycles. The molecule has 2 nitrogen and oxygen atoms in total. The monoisotopic (exact) mass is 227 g/mol. The lowest BCUT2D eigenvalue weighted by molar-refractivity contribution is 0.0449. The van der Waals surface area contributed by atoms with E-state index in [1.165, 1.54) is 12.8 Å². The number of hydrogen-bond acceptors (Lipinski definition) is 2. The first-order valence-corrected chi connectivity index (χ1v) is 6.82. The molecule has 0 spiro atoms. The van der Waals surface area contributed by atoms with E-state index >= 15 is 0 Å². The number of rotatable bonds is 7. The highest BCUT2D eigenvalue weighted by molar-refractivity contribution is 4.91. The quantitative estimate of drug-likeness (QED) is 0.701. The van der Waals surface area contributed by atoms with E-state index in [9.17, 15) is 5.11 Å². The molecule has 16 heavy (non-hydrogen) atoms. The third kappa shape index (κ3) is 3.46. The molecular formula is C14H29NO. The standard InChI is InChI=1S/C14H29NO/c1-6-14(5,11(4)16)9-15-13(10(2)3)12-7-8-12/h10-13,15-16H,6-9H2,1-5H3. The molecule has 96 valence electrons. The zero-order valence-electron chi connectivity index (χ0n) is 11.6. The summed E-state index contributed by atoms with van der Waals surface area (Å²) in [7, 11) is 0. The first kappa shape index (κ1) is 14.0. The molecule has 0 aliphatic heterocycles. The molecule has 0 bridgehead atoms. The summed E-state index contributed by atoms with van der Waals surface area (Å²) in [5.74, 6) is 1.58. The second-order valence-corrected chi connectivity index (χ2v) is 6.17. The van der Waals surface area contributed by atoms with Crippen molar-refractivity contribution >= 4 is 0 Å². The third-order valence-corrected chi connectivity index (χ3v) is 4.41. The fraction of sp³-hybridized carbons (Fsp3) is 1.00. The van der Waals surface area contributed by atoms with Crippen LogP contribution >= 0.6 is 0 Å². The van der Waals surface area contributed by atoms with Gasteiger partial charge in [-0.1, -0.05) is 27.7 Å². The first-order chi connectivity index (χ1) is 7.40. The number of nitrogens with one attached hydrogen (secondary N) is 1. The molecular weight excluding hydrogens is 198 g/mol. The average Bonchev–Trinajstić information content (AvgIpc) is 3.01. The van der Waals surface area contributed by atoms with Gasteiger partial charge in [0.25, 0.3) is 0 Å².